The van der Waals surface area contributed by atoms with E-state index in [-0.39, 0.29) is 37.5 Å². The molecule has 0 fully saturated rings. The predicted octanol–water partition coefficient (Wildman–Crippen LogP) is 2.90. The molecular formula is C14H19Cl2NO3. The third kappa shape index (κ3) is 5.57. The molecule has 20 heavy (non-hydrogen) atoms. The van der Waals surface area contributed by atoms with Crippen LogP contribution in [0.25, 0.3) is 0 Å². The van der Waals surface area contributed by atoms with Gasteiger partial charge in [-0.1, -0.05) is 37.0 Å². The van der Waals surface area contributed by atoms with Crippen molar-refractivity contribution in [1.82, 2.24) is 5.32 Å². The quantitative estimate of drug-likeness (QED) is 0.812. The van der Waals surface area contributed by atoms with Crippen molar-refractivity contribution in [1.29, 1.82) is 0 Å². The first-order valence-electron chi connectivity index (χ1n) is 6.42. The maximum atomic E-state index is 11.7. The minimum atomic E-state index is -0.229. The minimum Gasteiger partial charge on any atom is -0.493 e. The molecule has 6 heteroatoms. The van der Waals surface area contributed by atoms with Crippen LogP contribution in [0.3, 0.4) is 0 Å². The zero-order valence-corrected chi connectivity index (χ0v) is 13.0. The van der Waals surface area contributed by atoms with Gasteiger partial charge in [0.1, 0.15) is 5.75 Å². The third-order valence-electron chi connectivity index (χ3n) is 2.84. The summed E-state index contributed by atoms with van der Waals surface area (Å²) in [4.78, 5) is 11.7. The van der Waals surface area contributed by atoms with E-state index in [1.165, 1.54) is 0 Å². The lowest BCUT2D eigenvalue weighted by Crippen LogP contribution is -2.41. The molecule has 0 aliphatic heterocycles. The van der Waals surface area contributed by atoms with Crippen LogP contribution in [-0.4, -0.2) is 30.3 Å². The summed E-state index contributed by atoms with van der Waals surface area (Å²) in [5.74, 6) is 0.590. The van der Waals surface area contributed by atoms with Crippen molar-refractivity contribution >= 4 is 29.1 Å². The SMILES string of the molecule is CC(C)[C@@H](CO)NC(=O)CCOc1ccc(Cl)c(Cl)c1. The van der Waals surface area contributed by atoms with Gasteiger partial charge in [-0.05, 0) is 18.1 Å². The fourth-order valence-electron chi connectivity index (χ4n) is 1.53. The number of hydrogen-bond donors (Lipinski definition) is 2. The van der Waals surface area contributed by atoms with E-state index in [0.717, 1.165) is 0 Å². The number of ether oxygens (including phenoxy) is 1. The van der Waals surface area contributed by atoms with Gasteiger partial charge < -0.3 is 15.2 Å². The number of nitrogens with one attached hydrogen (secondary N) is 1. The lowest BCUT2D eigenvalue weighted by molar-refractivity contribution is -0.122. The molecule has 0 bridgehead atoms. The summed E-state index contributed by atoms with van der Waals surface area (Å²) in [6.45, 7) is 4.04. The number of carbonyl (C=O) groups is 1. The first-order chi connectivity index (χ1) is 9.43. The molecule has 4 nitrogen and oxygen atoms in total. The molecule has 1 aromatic rings. The van der Waals surface area contributed by atoms with Crippen LogP contribution in [0.1, 0.15) is 20.3 Å². The van der Waals surface area contributed by atoms with Crippen LogP contribution in [0.5, 0.6) is 5.75 Å². The Labute approximate surface area is 129 Å². The van der Waals surface area contributed by atoms with E-state index >= 15 is 0 Å². The number of halogens is 2. The smallest absolute Gasteiger partial charge is 0.223 e. The lowest BCUT2D eigenvalue weighted by atomic mass is 10.1. The van der Waals surface area contributed by atoms with Crippen LogP contribution in [0.2, 0.25) is 10.0 Å². The Hall–Kier alpha value is -0.970. The number of carbonyl (C=O) groups excluding carboxylic acids is 1. The van der Waals surface area contributed by atoms with Crippen LogP contribution in [-0.2, 0) is 4.79 Å². The molecule has 0 aromatic heterocycles. The largest absolute Gasteiger partial charge is 0.493 e. The second-order valence-corrected chi connectivity index (χ2v) is 5.59. The van der Waals surface area contributed by atoms with E-state index in [1.807, 2.05) is 13.8 Å². The fraction of sp³-hybridized carbons (Fsp3) is 0.500. The number of aliphatic hydroxyl groups excluding tert-OH is 1. The summed E-state index contributed by atoms with van der Waals surface area (Å²) >= 11 is 11.7. The van der Waals surface area contributed by atoms with Gasteiger partial charge in [-0.2, -0.15) is 0 Å². The van der Waals surface area contributed by atoms with Crippen molar-refractivity contribution in [3.63, 3.8) is 0 Å². The monoisotopic (exact) mass is 319 g/mol. The highest BCUT2D eigenvalue weighted by atomic mass is 35.5. The Bertz CT molecular complexity index is 452. The molecule has 0 heterocycles. The Balaban J connectivity index is 2.36. The molecule has 112 valence electrons. The molecule has 0 saturated carbocycles. The average molecular weight is 320 g/mol. The van der Waals surface area contributed by atoms with Gasteiger partial charge in [-0.15, -0.1) is 0 Å². The van der Waals surface area contributed by atoms with Crippen molar-refractivity contribution < 1.29 is 14.6 Å². The summed E-state index contributed by atoms with van der Waals surface area (Å²) in [6, 6.07) is 4.70. The zero-order chi connectivity index (χ0) is 15.1. The Morgan fingerprint density at radius 3 is 2.60 bits per heavy atom. The Kier molecular flexibility index (Phi) is 7.13. The minimum absolute atomic E-state index is 0.0724. The molecule has 2 N–H and O–H groups in total. The molecule has 0 aliphatic rings. The molecular weight excluding hydrogens is 301 g/mol. The van der Waals surface area contributed by atoms with Gasteiger partial charge in [-0.3, -0.25) is 4.79 Å². The van der Waals surface area contributed by atoms with Crippen molar-refractivity contribution in [2.45, 2.75) is 26.3 Å². The van der Waals surface area contributed by atoms with Crippen molar-refractivity contribution in [3.8, 4) is 5.75 Å². The van der Waals surface area contributed by atoms with Gasteiger partial charge in [0, 0.05) is 6.07 Å². The van der Waals surface area contributed by atoms with Crippen LogP contribution in [0.15, 0.2) is 18.2 Å². The van der Waals surface area contributed by atoms with Gasteiger partial charge in [-0.25, -0.2) is 0 Å². The zero-order valence-electron chi connectivity index (χ0n) is 11.5. The van der Waals surface area contributed by atoms with Crippen molar-refractivity contribution in [2.24, 2.45) is 5.92 Å². The normalized spacial score (nSPS) is 12.3. The topological polar surface area (TPSA) is 58.6 Å². The first kappa shape index (κ1) is 17.1. The van der Waals surface area contributed by atoms with Crippen LogP contribution in [0, 0.1) is 5.92 Å². The van der Waals surface area contributed by atoms with E-state index in [4.69, 9.17) is 33.0 Å². The van der Waals surface area contributed by atoms with Crippen LogP contribution >= 0.6 is 23.2 Å². The van der Waals surface area contributed by atoms with Crippen molar-refractivity contribution in [2.75, 3.05) is 13.2 Å². The number of aliphatic hydroxyl groups is 1. The van der Waals surface area contributed by atoms with Gasteiger partial charge in [0.05, 0.1) is 35.7 Å². The molecule has 1 aromatic carbocycles. The Morgan fingerprint density at radius 1 is 1.35 bits per heavy atom. The maximum absolute atomic E-state index is 11.7. The average Bonchev–Trinajstić information content (AvgIpc) is 2.39. The molecule has 0 radical (unpaired) electrons. The van der Waals surface area contributed by atoms with Gasteiger partial charge in [0.2, 0.25) is 5.91 Å². The second kappa shape index (κ2) is 8.35. The van der Waals surface area contributed by atoms with Gasteiger partial charge in [0.15, 0.2) is 0 Å². The van der Waals surface area contributed by atoms with E-state index < -0.39 is 0 Å². The summed E-state index contributed by atoms with van der Waals surface area (Å²) in [5.41, 5.74) is 0. The highest BCUT2D eigenvalue weighted by molar-refractivity contribution is 6.42. The lowest BCUT2D eigenvalue weighted by Gasteiger charge is -2.19. The summed E-state index contributed by atoms with van der Waals surface area (Å²) in [5, 5.41) is 12.8. The van der Waals surface area contributed by atoms with E-state index in [0.29, 0.717) is 15.8 Å². The molecule has 1 amide bonds. The summed E-state index contributed by atoms with van der Waals surface area (Å²) in [7, 11) is 0. The number of benzene rings is 1. The second-order valence-electron chi connectivity index (χ2n) is 4.77. The number of rotatable bonds is 7. The molecule has 0 unspecified atom stereocenters. The highest BCUT2D eigenvalue weighted by Crippen LogP contribution is 2.26. The number of hydrogen-bond acceptors (Lipinski definition) is 3. The summed E-state index contributed by atoms with van der Waals surface area (Å²) in [6.07, 6.45) is 0.212. The molecule has 0 spiro atoms. The van der Waals surface area contributed by atoms with Gasteiger partial charge in [0.25, 0.3) is 0 Å². The van der Waals surface area contributed by atoms with E-state index in [1.54, 1.807) is 18.2 Å². The maximum Gasteiger partial charge on any atom is 0.223 e. The predicted molar refractivity (Wildman–Crippen MR) is 80.4 cm³/mol. The highest BCUT2D eigenvalue weighted by Gasteiger charge is 2.14. The molecule has 0 saturated heterocycles. The standard InChI is InChI=1S/C14H19Cl2NO3/c1-9(2)13(8-18)17-14(19)5-6-20-10-3-4-11(15)12(16)7-10/h3-4,7,9,13,18H,5-6,8H2,1-2H3,(H,17,19)/t13-/m1/s1. The van der Waals surface area contributed by atoms with E-state index in [2.05, 4.69) is 5.32 Å². The van der Waals surface area contributed by atoms with E-state index in [9.17, 15) is 4.79 Å². The Morgan fingerprint density at radius 2 is 2.05 bits per heavy atom. The van der Waals surface area contributed by atoms with Crippen LogP contribution < -0.4 is 10.1 Å². The summed E-state index contributed by atoms with van der Waals surface area (Å²) < 4.78 is 5.42. The molecule has 0 aliphatic carbocycles. The molecule has 1 rings (SSSR count). The third-order valence-corrected chi connectivity index (χ3v) is 3.58. The fourth-order valence-corrected chi connectivity index (χ4v) is 1.82. The number of amides is 1. The van der Waals surface area contributed by atoms with Crippen LogP contribution in [0.4, 0.5) is 0 Å². The van der Waals surface area contributed by atoms with Crippen molar-refractivity contribution in [3.05, 3.63) is 28.2 Å². The molecule has 1 atom stereocenters. The van der Waals surface area contributed by atoms with Gasteiger partial charge >= 0.3 is 0 Å². The first-order valence-corrected chi connectivity index (χ1v) is 7.17.